The molecule has 5 aromatic rings. The minimum Gasteiger partial charge on any atom is -0.344 e. The Hall–Kier alpha value is -4.15. The lowest BCUT2D eigenvalue weighted by Crippen LogP contribution is -2.34. The van der Waals surface area contributed by atoms with E-state index in [2.05, 4.69) is 34.9 Å². The fraction of sp³-hybridized carbons (Fsp3) is 0.200. The standard InChI is InChI=1S/C20H16FN9O/c21-12-6-9-29-16(12)20(31)30(14-5-1-2-7-22-14)18(27-29)13-4-3-8-28(13)19-15-17(24-10-23-15)25-11-26-19/h1-2,5-7,9-11,13H,3-4,8H2,(H,23,24,25,26)/t13-/m0/s1. The summed E-state index contributed by atoms with van der Waals surface area (Å²) in [5.74, 6) is 0.893. The van der Waals surface area contributed by atoms with Gasteiger partial charge in [0.15, 0.2) is 28.6 Å². The summed E-state index contributed by atoms with van der Waals surface area (Å²) in [6, 6.07) is 6.20. The summed E-state index contributed by atoms with van der Waals surface area (Å²) in [4.78, 5) is 35.8. The number of hydrogen-bond donors (Lipinski definition) is 1. The topological polar surface area (TPSA) is 110 Å². The number of fused-ring (bicyclic) bond motifs is 2. The Balaban J connectivity index is 1.60. The van der Waals surface area contributed by atoms with E-state index in [0.717, 1.165) is 12.8 Å². The van der Waals surface area contributed by atoms with Crippen molar-refractivity contribution in [2.75, 3.05) is 11.4 Å². The largest absolute Gasteiger partial charge is 0.344 e. The minimum absolute atomic E-state index is 0.115. The van der Waals surface area contributed by atoms with Crippen molar-refractivity contribution in [2.45, 2.75) is 18.9 Å². The van der Waals surface area contributed by atoms with Crippen LogP contribution in [0.2, 0.25) is 0 Å². The zero-order valence-electron chi connectivity index (χ0n) is 16.2. The molecule has 0 radical (unpaired) electrons. The van der Waals surface area contributed by atoms with Crippen LogP contribution < -0.4 is 10.5 Å². The summed E-state index contributed by atoms with van der Waals surface area (Å²) in [5.41, 5.74) is 0.657. The molecule has 11 heteroatoms. The SMILES string of the molecule is O=c1c2c(F)ccn2nc([C@@H]2CCCN2c2ncnc3[nH]cnc23)n1-c1ccccn1. The molecule has 0 spiro atoms. The molecule has 1 atom stereocenters. The molecule has 0 aromatic carbocycles. The number of nitrogens with zero attached hydrogens (tertiary/aromatic N) is 8. The number of imidazole rings is 1. The first kappa shape index (κ1) is 17.7. The monoisotopic (exact) mass is 417 g/mol. The summed E-state index contributed by atoms with van der Waals surface area (Å²) in [7, 11) is 0. The van der Waals surface area contributed by atoms with Crippen molar-refractivity contribution >= 4 is 22.5 Å². The third-order valence-electron chi connectivity index (χ3n) is 5.56. The van der Waals surface area contributed by atoms with Gasteiger partial charge in [-0.2, -0.15) is 5.10 Å². The van der Waals surface area contributed by atoms with Gasteiger partial charge in [0.25, 0.3) is 5.56 Å². The highest BCUT2D eigenvalue weighted by Crippen LogP contribution is 2.36. The molecule has 6 rings (SSSR count). The average Bonchev–Trinajstić information content (AvgIpc) is 3.53. The second kappa shape index (κ2) is 6.69. The van der Waals surface area contributed by atoms with Gasteiger partial charge in [0.1, 0.15) is 17.7 Å². The number of aromatic nitrogens is 8. The molecule has 1 aliphatic heterocycles. The number of rotatable bonds is 3. The van der Waals surface area contributed by atoms with Crippen molar-refractivity contribution in [1.82, 2.24) is 39.1 Å². The van der Waals surface area contributed by atoms with Crippen molar-refractivity contribution < 1.29 is 4.39 Å². The maximum absolute atomic E-state index is 14.4. The molecule has 6 heterocycles. The highest BCUT2D eigenvalue weighted by Gasteiger charge is 2.34. The Morgan fingerprint density at radius 3 is 2.94 bits per heavy atom. The summed E-state index contributed by atoms with van der Waals surface area (Å²) < 4.78 is 17.1. The molecule has 0 saturated carbocycles. The van der Waals surface area contributed by atoms with E-state index >= 15 is 0 Å². The van der Waals surface area contributed by atoms with E-state index < -0.39 is 11.4 Å². The lowest BCUT2D eigenvalue weighted by atomic mass is 10.2. The van der Waals surface area contributed by atoms with Gasteiger partial charge in [-0.05, 0) is 31.0 Å². The second-order valence-electron chi connectivity index (χ2n) is 7.29. The minimum atomic E-state index is -0.619. The van der Waals surface area contributed by atoms with Crippen LogP contribution in [0.5, 0.6) is 0 Å². The van der Waals surface area contributed by atoms with E-state index in [1.807, 2.05) is 0 Å². The molecule has 0 unspecified atom stereocenters. The fourth-order valence-corrected chi connectivity index (χ4v) is 4.22. The normalized spacial score (nSPS) is 16.5. The number of nitrogens with one attached hydrogen (secondary N) is 1. The number of halogens is 1. The van der Waals surface area contributed by atoms with Crippen LogP contribution in [0.1, 0.15) is 24.7 Å². The van der Waals surface area contributed by atoms with Crippen molar-refractivity contribution in [3.8, 4) is 5.82 Å². The maximum atomic E-state index is 14.4. The maximum Gasteiger partial charge on any atom is 0.286 e. The van der Waals surface area contributed by atoms with Gasteiger partial charge in [-0.25, -0.2) is 33.4 Å². The van der Waals surface area contributed by atoms with E-state index in [-0.39, 0.29) is 11.6 Å². The van der Waals surface area contributed by atoms with E-state index in [1.165, 1.54) is 27.7 Å². The van der Waals surface area contributed by atoms with Crippen LogP contribution in [-0.2, 0) is 0 Å². The van der Waals surface area contributed by atoms with Gasteiger partial charge >= 0.3 is 0 Å². The van der Waals surface area contributed by atoms with Gasteiger partial charge in [-0.15, -0.1) is 0 Å². The summed E-state index contributed by atoms with van der Waals surface area (Å²) in [6.07, 6.45) is 7.71. The van der Waals surface area contributed by atoms with Crippen LogP contribution in [0.25, 0.3) is 22.5 Å². The van der Waals surface area contributed by atoms with E-state index in [9.17, 15) is 9.18 Å². The van der Waals surface area contributed by atoms with Gasteiger partial charge < -0.3 is 9.88 Å². The highest BCUT2D eigenvalue weighted by molar-refractivity contribution is 5.83. The van der Waals surface area contributed by atoms with Crippen LogP contribution in [0, 0.1) is 5.82 Å². The number of hydrogen-bond acceptors (Lipinski definition) is 7. The molecule has 1 N–H and O–H groups in total. The van der Waals surface area contributed by atoms with E-state index in [0.29, 0.717) is 35.2 Å². The lowest BCUT2D eigenvalue weighted by Gasteiger charge is -2.27. The van der Waals surface area contributed by atoms with Gasteiger partial charge in [0.05, 0.1) is 12.4 Å². The molecule has 10 nitrogen and oxygen atoms in total. The third-order valence-corrected chi connectivity index (χ3v) is 5.56. The Labute approximate surface area is 174 Å². The van der Waals surface area contributed by atoms with Crippen LogP contribution in [0.15, 0.2) is 54.1 Å². The van der Waals surface area contributed by atoms with E-state index in [1.54, 1.807) is 30.7 Å². The predicted molar refractivity (Wildman–Crippen MR) is 110 cm³/mol. The predicted octanol–water partition coefficient (Wildman–Crippen LogP) is 2.03. The zero-order chi connectivity index (χ0) is 20.9. The number of aromatic amines is 1. The first-order valence-corrected chi connectivity index (χ1v) is 9.84. The lowest BCUT2D eigenvalue weighted by molar-refractivity contribution is 0.590. The molecule has 1 aliphatic rings. The fourth-order valence-electron chi connectivity index (χ4n) is 4.22. The van der Waals surface area contributed by atoms with Crippen molar-refractivity contribution in [3.63, 3.8) is 0 Å². The van der Waals surface area contributed by atoms with Gasteiger partial charge in [0.2, 0.25) is 0 Å². The molecule has 1 fully saturated rings. The molecule has 0 amide bonds. The third kappa shape index (κ3) is 2.62. The first-order valence-electron chi connectivity index (χ1n) is 9.84. The second-order valence-corrected chi connectivity index (χ2v) is 7.29. The smallest absolute Gasteiger partial charge is 0.286 e. The Kier molecular flexibility index (Phi) is 3.82. The Morgan fingerprint density at radius 2 is 2.06 bits per heavy atom. The molecule has 5 aromatic heterocycles. The summed E-state index contributed by atoms with van der Waals surface area (Å²) in [5, 5.41) is 4.65. The van der Waals surface area contributed by atoms with Crippen molar-refractivity contribution in [2.24, 2.45) is 0 Å². The Morgan fingerprint density at radius 1 is 1.13 bits per heavy atom. The zero-order valence-corrected chi connectivity index (χ0v) is 16.2. The molecular formula is C20H16FN9O. The van der Waals surface area contributed by atoms with E-state index in [4.69, 9.17) is 0 Å². The van der Waals surface area contributed by atoms with Crippen molar-refractivity contribution in [1.29, 1.82) is 0 Å². The van der Waals surface area contributed by atoms with Gasteiger partial charge in [-0.1, -0.05) is 6.07 Å². The van der Waals surface area contributed by atoms with Gasteiger partial charge in [-0.3, -0.25) is 4.79 Å². The Bertz CT molecular complexity index is 1470. The quantitative estimate of drug-likeness (QED) is 0.478. The summed E-state index contributed by atoms with van der Waals surface area (Å²) >= 11 is 0. The molecular weight excluding hydrogens is 401 g/mol. The number of pyridine rings is 1. The first-order chi connectivity index (χ1) is 15.2. The number of anilines is 1. The molecule has 31 heavy (non-hydrogen) atoms. The van der Waals surface area contributed by atoms with Crippen LogP contribution in [-0.4, -0.2) is 45.6 Å². The molecule has 1 saturated heterocycles. The highest BCUT2D eigenvalue weighted by atomic mass is 19.1. The molecule has 0 aliphatic carbocycles. The average molecular weight is 417 g/mol. The number of H-pyrrole nitrogens is 1. The molecule has 0 bridgehead atoms. The van der Waals surface area contributed by atoms with Crippen LogP contribution in [0.3, 0.4) is 0 Å². The summed E-state index contributed by atoms with van der Waals surface area (Å²) in [6.45, 7) is 0.708. The van der Waals surface area contributed by atoms with Crippen LogP contribution in [0.4, 0.5) is 10.2 Å². The van der Waals surface area contributed by atoms with Crippen LogP contribution >= 0.6 is 0 Å². The van der Waals surface area contributed by atoms with Gasteiger partial charge in [0, 0.05) is 18.9 Å². The van der Waals surface area contributed by atoms with Crippen molar-refractivity contribution in [3.05, 3.63) is 71.3 Å². The molecule has 154 valence electrons.